The molecule has 3 nitrogen and oxygen atoms in total. The van der Waals surface area contributed by atoms with Crippen LogP contribution in [0.3, 0.4) is 0 Å². The quantitative estimate of drug-likeness (QED) is 0.775. The van der Waals surface area contributed by atoms with Crippen LogP contribution in [0.15, 0.2) is 22.7 Å². The molecular formula is C14H21BrO3. The standard InChI is InChI=1S/C14H21BrO3/c1-2-7-18-14-6-5-13(15)8-12(14)4-3-11(9-16)10-17/h5-6,8,11,16-17H,2-4,7,9-10H2,1H3. The van der Waals surface area contributed by atoms with Gasteiger partial charge in [-0.1, -0.05) is 22.9 Å². The van der Waals surface area contributed by atoms with Gasteiger partial charge in [-0.3, -0.25) is 0 Å². The number of halogens is 1. The van der Waals surface area contributed by atoms with E-state index in [1.807, 2.05) is 18.2 Å². The molecular weight excluding hydrogens is 296 g/mol. The highest BCUT2D eigenvalue weighted by Gasteiger charge is 2.10. The van der Waals surface area contributed by atoms with E-state index in [0.29, 0.717) is 6.61 Å². The minimum atomic E-state index is -0.0528. The summed E-state index contributed by atoms with van der Waals surface area (Å²) in [6, 6.07) is 5.96. The van der Waals surface area contributed by atoms with Crippen molar-refractivity contribution < 1.29 is 14.9 Å². The highest BCUT2D eigenvalue weighted by atomic mass is 79.9. The maximum absolute atomic E-state index is 9.07. The van der Waals surface area contributed by atoms with E-state index in [1.165, 1.54) is 0 Å². The van der Waals surface area contributed by atoms with Gasteiger partial charge in [-0.15, -0.1) is 0 Å². The van der Waals surface area contributed by atoms with Gasteiger partial charge in [0.1, 0.15) is 5.75 Å². The third-order valence-corrected chi connectivity index (χ3v) is 3.32. The third kappa shape index (κ3) is 4.96. The number of hydrogen-bond donors (Lipinski definition) is 2. The highest BCUT2D eigenvalue weighted by molar-refractivity contribution is 9.10. The number of aryl methyl sites for hydroxylation is 1. The van der Waals surface area contributed by atoms with Gasteiger partial charge in [0.05, 0.1) is 6.61 Å². The Morgan fingerprint density at radius 1 is 1.28 bits per heavy atom. The Labute approximate surface area is 117 Å². The van der Waals surface area contributed by atoms with Gasteiger partial charge < -0.3 is 14.9 Å². The second-order valence-electron chi connectivity index (χ2n) is 4.37. The molecule has 0 radical (unpaired) electrons. The average molecular weight is 317 g/mol. The van der Waals surface area contributed by atoms with E-state index in [1.54, 1.807) is 0 Å². The first kappa shape index (κ1) is 15.5. The Morgan fingerprint density at radius 3 is 2.61 bits per heavy atom. The maximum Gasteiger partial charge on any atom is 0.122 e. The Kier molecular flexibility index (Phi) is 7.32. The molecule has 4 heteroatoms. The first-order valence-electron chi connectivity index (χ1n) is 6.34. The Morgan fingerprint density at radius 2 is 2.00 bits per heavy atom. The smallest absolute Gasteiger partial charge is 0.122 e. The molecule has 0 atom stereocenters. The molecule has 0 amide bonds. The lowest BCUT2D eigenvalue weighted by Crippen LogP contribution is -2.12. The molecule has 0 aliphatic carbocycles. The zero-order chi connectivity index (χ0) is 13.4. The maximum atomic E-state index is 9.07. The van der Waals surface area contributed by atoms with Crippen LogP contribution >= 0.6 is 15.9 Å². The Hall–Kier alpha value is -0.580. The van der Waals surface area contributed by atoms with E-state index in [-0.39, 0.29) is 19.1 Å². The SMILES string of the molecule is CCCOc1ccc(Br)cc1CCC(CO)CO. The molecule has 0 fully saturated rings. The molecule has 0 spiro atoms. The van der Waals surface area contributed by atoms with E-state index >= 15 is 0 Å². The molecule has 0 aliphatic heterocycles. The van der Waals surface area contributed by atoms with E-state index in [2.05, 4.69) is 22.9 Å². The predicted molar refractivity (Wildman–Crippen MR) is 75.9 cm³/mol. The number of benzene rings is 1. The lowest BCUT2D eigenvalue weighted by molar-refractivity contribution is 0.144. The fraction of sp³-hybridized carbons (Fsp3) is 0.571. The molecule has 1 aromatic rings. The lowest BCUT2D eigenvalue weighted by atomic mass is 10.0. The molecule has 2 N–H and O–H groups in total. The molecule has 0 heterocycles. The normalized spacial score (nSPS) is 10.9. The zero-order valence-corrected chi connectivity index (χ0v) is 12.3. The number of aliphatic hydroxyl groups excluding tert-OH is 2. The van der Waals surface area contributed by atoms with Crippen LogP contribution in [0.5, 0.6) is 5.75 Å². The van der Waals surface area contributed by atoms with Gasteiger partial charge in [-0.05, 0) is 43.0 Å². The van der Waals surface area contributed by atoms with Crippen LogP contribution in [-0.4, -0.2) is 30.0 Å². The van der Waals surface area contributed by atoms with Crippen LogP contribution in [0.1, 0.15) is 25.3 Å². The third-order valence-electron chi connectivity index (χ3n) is 2.82. The average Bonchev–Trinajstić information content (AvgIpc) is 2.39. The summed E-state index contributed by atoms with van der Waals surface area (Å²) in [6.45, 7) is 2.83. The van der Waals surface area contributed by atoms with E-state index in [9.17, 15) is 0 Å². The number of hydrogen-bond acceptors (Lipinski definition) is 3. The molecule has 0 saturated heterocycles. The number of ether oxygens (including phenoxy) is 1. The van der Waals surface area contributed by atoms with Crippen LogP contribution < -0.4 is 4.74 Å². The fourth-order valence-corrected chi connectivity index (χ4v) is 2.10. The van der Waals surface area contributed by atoms with Gasteiger partial charge in [0, 0.05) is 23.6 Å². The van der Waals surface area contributed by atoms with Crippen LogP contribution in [0.4, 0.5) is 0 Å². The highest BCUT2D eigenvalue weighted by Crippen LogP contribution is 2.25. The zero-order valence-electron chi connectivity index (χ0n) is 10.7. The van der Waals surface area contributed by atoms with Gasteiger partial charge in [-0.25, -0.2) is 0 Å². The van der Waals surface area contributed by atoms with Crippen molar-refractivity contribution in [1.82, 2.24) is 0 Å². The van der Waals surface area contributed by atoms with Gasteiger partial charge in [0.25, 0.3) is 0 Å². The van der Waals surface area contributed by atoms with Crippen LogP contribution in [0.25, 0.3) is 0 Å². The lowest BCUT2D eigenvalue weighted by Gasteiger charge is -2.14. The minimum absolute atomic E-state index is 0.0235. The number of rotatable bonds is 8. The van der Waals surface area contributed by atoms with Crippen molar-refractivity contribution in [2.75, 3.05) is 19.8 Å². The summed E-state index contributed by atoms with van der Waals surface area (Å²) in [7, 11) is 0. The summed E-state index contributed by atoms with van der Waals surface area (Å²) in [6.07, 6.45) is 2.53. The molecule has 18 heavy (non-hydrogen) atoms. The molecule has 0 aliphatic rings. The van der Waals surface area contributed by atoms with E-state index in [0.717, 1.165) is 35.0 Å². The van der Waals surface area contributed by atoms with Crippen molar-refractivity contribution in [1.29, 1.82) is 0 Å². The van der Waals surface area contributed by atoms with Gasteiger partial charge in [0.15, 0.2) is 0 Å². The summed E-state index contributed by atoms with van der Waals surface area (Å²) < 4.78 is 6.71. The summed E-state index contributed by atoms with van der Waals surface area (Å²) in [4.78, 5) is 0. The minimum Gasteiger partial charge on any atom is -0.493 e. The van der Waals surface area contributed by atoms with Gasteiger partial charge in [-0.2, -0.15) is 0 Å². The van der Waals surface area contributed by atoms with Crippen molar-refractivity contribution in [3.63, 3.8) is 0 Å². The predicted octanol–water partition coefficient (Wildman–Crippen LogP) is 2.77. The molecule has 0 bridgehead atoms. The van der Waals surface area contributed by atoms with E-state index < -0.39 is 0 Å². The van der Waals surface area contributed by atoms with Crippen molar-refractivity contribution in [2.24, 2.45) is 5.92 Å². The molecule has 0 aromatic heterocycles. The van der Waals surface area contributed by atoms with Crippen LogP contribution in [-0.2, 0) is 6.42 Å². The summed E-state index contributed by atoms with van der Waals surface area (Å²) in [5.74, 6) is 0.845. The molecule has 0 saturated carbocycles. The second kappa shape index (κ2) is 8.51. The van der Waals surface area contributed by atoms with Crippen molar-refractivity contribution >= 4 is 15.9 Å². The topological polar surface area (TPSA) is 49.7 Å². The summed E-state index contributed by atoms with van der Waals surface area (Å²) >= 11 is 3.45. The molecule has 1 rings (SSSR count). The van der Waals surface area contributed by atoms with Crippen LogP contribution in [0.2, 0.25) is 0 Å². The van der Waals surface area contributed by atoms with Crippen molar-refractivity contribution in [3.8, 4) is 5.75 Å². The monoisotopic (exact) mass is 316 g/mol. The first-order valence-corrected chi connectivity index (χ1v) is 7.13. The summed E-state index contributed by atoms with van der Waals surface area (Å²) in [5, 5.41) is 18.1. The molecule has 1 aromatic carbocycles. The Bertz CT molecular complexity index is 351. The number of aliphatic hydroxyl groups is 2. The Balaban J connectivity index is 2.68. The summed E-state index contributed by atoms with van der Waals surface area (Å²) in [5.41, 5.74) is 1.12. The first-order chi connectivity index (χ1) is 8.71. The molecule has 102 valence electrons. The largest absolute Gasteiger partial charge is 0.493 e. The van der Waals surface area contributed by atoms with E-state index in [4.69, 9.17) is 14.9 Å². The second-order valence-corrected chi connectivity index (χ2v) is 5.29. The van der Waals surface area contributed by atoms with Crippen molar-refractivity contribution in [2.45, 2.75) is 26.2 Å². The fourth-order valence-electron chi connectivity index (χ4n) is 1.70. The van der Waals surface area contributed by atoms with Crippen LogP contribution in [0, 0.1) is 5.92 Å². The molecule has 0 unspecified atom stereocenters. The van der Waals surface area contributed by atoms with Gasteiger partial charge in [0.2, 0.25) is 0 Å². The van der Waals surface area contributed by atoms with Gasteiger partial charge >= 0.3 is 0 Å². The van der Waals surface area contributed by atoms with Crippen molar-refractivity contribution in [3.05, 3.63) is 28.2 Å².